The summed E-state index contributed by atoms with van der Waals surface area (Å²) in [6.07, 6.45) is 0.929. The van der Waals surface area contributed by atoms with E-state index < -0.39 is 5.92 Å². The molecule has 8 heteroatoms. The van der Waals surface area contributed by atoms with E-state index in [4.69, 9.17) is 43.1 Å². The predicted octanol–water partition coefficient (Wildman–Crippen LogP) is 6.03. The fourth-order valence-electron chi connectivity index (χ4n) is 4.39. The summed E-state index contributed by atoms with van der Waals surface area (Å²) in [6, 6.07) is 12.7. The number of halogens is 2. The first-order chi connectivity index (χ1) is 16.1. The molecule has 2 aliphatic rings. The minimum atomic E-state index is -0.629. The molecule has 0 fully saturated rings. The summed E-state index contributed by atoms with van der Waals surface area (Å²) in [7, 11) is 1.53. The summed E-state index contributed by atoms with van der Waals surface area (Å²) in [6.45, 7) is 4.27. The van der Waals surface area contributed by atoms with Crippen LogP contribution in [0, 0.1) is 16.7 Å². The zero-order chi connectivity index (χ0) is 24.6. The van der Waals surface area contributed by atoms with Crippen molar-refractivity contribution >= 4 is 29.0 Å². The molecule has 6 nitrogen and oxygen atoms in total. The van der Waals surface area contributed by atoms with Crippen LogP contribution in [-0.4, -0.2) is 12.9 Å². The highest BCUT2D eigenvalue weighted by molar-refractivity contribution is 6.42. The molecule has 0 radical (unpaired) electrons. The fraction of sp³-hybridized carbons (Fsp3) is 0.308. The minimum absolute atomic E-state index is 0.0238. The number of hydrogen-bond donors (Lipinski definition) is 1. The van der Waals surface area contributed by atoms with Gasteiger partial charge >= 0.3 is 0 Å². The third-order valence-electron chi connectivity index (χ3n) is 5.97. The summed E-state index contributed by atoms with van der Waals surface area (Å²) < 4.78 is 17.3. The maximum absolute atomic E-state index is 13.1. The first kappa shape index (κ1) is 24.0. The number of methoxy groups -OCH3 is 1. The number of rotatable bonds is 5. The molecule has 0 bridgehead atoms. The van der Waals surface area contributed by atoms with Gasteiger partial charge in [-0.3, -0.25) is 4.79 Å². The number of hydrogen-bond acceptors (Lipinski definition) is 6. The van der Waals surface area contributed by atoms with E-state index in [0.717, 1.165) is 5.56 Å². The van der Waals surface area contributed by atoms with E-state index in [-0.39, 0.29) is 29.3 Å². The van der Waals surface area contributed by atoms with Crippen LogP contribution < -0.4 is 15.2 Å². The molecular weight excluding hydrogens is 475 g/mol. The highest BCUT2D eigenvalue weighted by Crippen LogP contribution is 2.48. The van der Waals surface area contributed by atoms with Gasteiger partial charge < -0.3 is 19.9 Å². The van der Waals surface area contributed by atoms with Gasteiger partial charge in [-0.25, -0.2) is 0 Å². The Balaban J connectivity index is 1.69. The average Bonchev–Trinajstić information content (AvgIpc) is 2.78. The number of benzene rings is 2. The van der Waals surface area contributed by atoms with E-state index in [0.29, 0.717) is 51.3 Å². The number of nitriles is 1. The van der Waals surface area contributed by atoms with E-state index in [1.54, 1.807) is 24.3 Å². The van der Waals surface area contributed by atoms with Gasteiger partial charge in [0.1, 0.15) is 24.0 Å². The van der Waals surface area contributed by atoms with Gasteiger partial charge in [0.2, 0.25) is 5.88 Å². The number of ketones is 1. The number of Topliss-reactive ketones (excluding diaryl/α,β-unsaturated/α-hetero) is 1. The number of allylic oxidation sites excluding steroid dienone is 3. The summed E-state index contributed by atoms with van der Waals surface area (Å²) in [4.78, 5) is 13.1. The SMILES string of the molecule is COc1cc([C@@H]2C(C#N)=C(N)OC3=C2C(=O)CC(C)(C)C3)ccc1OCc1ccc(Cl)c(Cl)c1. The Morgan fingerprint density at radius 3 is 2.59 bits per heavy atom. The predicted molar refractivity (Wildman–Crippen MR) is 129 cm³/mol. The molecule has 1 aliphatic carbocycles. The van der Waals surface area contributed by atoms with Crippen LogP contribution in [-0.2, 0) is 16.1 Å². The van der Waals surface area contributed by atoms with Crippen molar-refractivity contribution in [1.29, 1.82) is 5.26 Å². The van der Waals surface area contributed by atoms with E-state index >= 15 is 0 Å². The second-order valence-corrected chi connectivity index (χ2v) is 9.96. The number of nitrogens with zero attached hydrogens (tertiary/aromatic N) is 1. The molecule has 0 aromatic heterocycles. The van der Waals surface area contributed by atoms with Crippen LogP contribution in [0.5, 0.6) is 11.5 Å². The molecule has 0 saturated carbocycles. The van der Waals surface area contributed by atoms with Crippen LogP contribution >= 0.6 is 23.2 Å². The van der Waals surface area contributed by atoms with Gasteiger partial charge in [0.25, 0.3) is 0 Å². The topological polar surface area (TPSA) is 94.6 Å². The van der Waals surface area contributed by atoms with Crippen LogP contribution in [0.15, 0.2) is 59.2 Å². The van der Waals surface area contributed by atoms with E-state index in [1.165, 1.54) is 7.11 Å². The molecule has 1 atom stereocenters. The van der Waals surface area contributed by atoms with Crippen LogP contribution in [0.1, 0.15) is 43.7 Å². The lowest BCUT2D eigenvalue weighted by molar-refractivity contribution is -0.119. The van der Waals surface area contributed by atoms with Crippen molar-refractivity contribution in [2.75, 3.05) is 7.11 Å². The summed E-state index contributed by atoms with van der Waals surface area (Å²) in [5.41, 5.74) is 8.09. The Labute approximate surface area is 208 Å². The quantitative estimate of drug-likeness (QED) is 0.540. The van der Waals surface area contributed by atoms with Crippen LogP contribution in [0.2, 0.25) is 10.0 Å². The summed E-state index contributed by atoms with van der Waals surface area (Å²) >= 11 is 12.1. The van der Waals surface area contributed by atoms with Crippen molar-refractivity contribution in [2.45, 2.75) is 39.2 Å². The molecule has 4 rings (SSSR count). The summed E-state index contributed by atoms with van der Waals surface area (Å²) in [5, 5.41) is 10.7. The molecule has 2 aromatic carbocycles. The van der Waals surface area contributed by atoms with Crippen molar-refractivity contribution < 1.29 is 19.0 Å². The van der Waals surface area contributed by atoms with Gasteiger partial charge in [0, 0.05) is 18.4 Å². The van der Waals surface area contributed by atoms with Gasteiger partial charge in [0.15, 0.2) is 17.3 Å². The van der Waals surface area contributed by atoms with Crippen molar-refractivity contribution in [3.63, 3.8) is 0 Å². The Morgan fingerprint density at radius 2 is 1.91 bits per heavy atom. The van der Waals surface area contributed by atoms with Gasteiger partial charge in [-0.05, 0) is 40.8 Å². The number of ether oxygens (including phenoxy) is 3. The lowest BCUT2D eigenvalue weighted by Crippen LogP contribution is -2.33. The summed E-state index contributed by atoms with van der Waals surface area (Å²) in [5.74, 6) is 0.846. The number of nitrogens with two attached hydrogens (primary N) is 1. The Bertz CT molecular complexity index is 1270. The molecule has 34 heavy (non-hydrogen) atoms. The van der Waals surface area contributed by atoms with Crippen LogP contribution in [0.3, 0.4) is 0 Å². The molecule has 0 saturated heterocycles. The van der Waals surface area contributed by atoms with Gasteiger partial charge in [-0.1, -0.05) is 49.2 Å². The molecule has 0 spiro atoms. The lowest BCUT2D eigenvalue weighted by atomic mass is 9.70. The highest BCUT2D eigenvalue weighted by Gasteiger charge is 2.43. The fourth-order valence-corrected chi connectivity index (χ4v) is 4.71. The monoisotopic (exact) mass is 498 g/mol. The molecule has 0 amide bonds. The molecule has 176 valence electrons. The zero-order valence-corrected chi connectivity index (χ0v) is 20.6. The van der Waals surface area contributed by atoms with Crippen molar-refractivity contribution in [3.8, 4) is 17.6 Å². The molecule has 1 aliphatic heterocycles. The Kier molecular flexibility index (Phi) is 6.53. The molecule has 2 aromatic rings. The first-order valence-electron chi connectivity index (χ1n) is 10.7. The van der Waals surface area contributed by atoms with Gasteiger partial charge in [0.05, 0.1) is 23.1 Å². The lowest BCUT2D eigenvalue weighted by Gasteiger charge is -2.37. The van der Waals surface area contributed by atoms with Crippen LogP contribution in [0.4, 0.5) is 0 Å². The second kappa shape index (κ2) is 9.25. The minimum Gasteiger partial charge on any atom is -0.493 e. The number of carbonyl (C=O) groups excluding carboxylic acids is 1. The molecule has 2 N–H and O–H groups in total. The maximum atomic E-state index is 13.1. The van der Waals surface area contributed by atoms with Crippen LogP contribution in [0.25, 0.3) is 0 Å². The molecular formula is C26H24Cl2N2O4. The van der Waals surface area contributed by atoms with E-state index in [2.05, 4.69) is 6.07 Å². The Morgan fingerprint density at radius 1 is 1.15 bits per heavy atom. The van der Waals surface area contributed by atoms with Gasteiger partial charge in [-0.15, -0.1) is 0 Å². The Hall–Kier alpha value is -3.14. The van der Waals surface area contributed by atoms with Crippen molar-refractivity contribution in [3.05, 3.63) is 80.4 Å². The molecule has 0 unspecified atom stereocenters. The largest absolute Gasteiger partial charge is 0.493 e. The third-order valence-corrected chi connectivity index (χ3v) is 6.71. The second-order valence-electron chi connectivity index (χ2n) is 9.15. The van der Waals surface area contributed by atoms with Gasteiger partial charge in [-0.2, -0.15) is 5.26 Å². The first-order valence-corrected chi connectivity index (χ1v) is 11.5. The standard InChI is InChI=1S/C26H24Cl2N2O4/c1-26(2)10-19(31)24-22(11-26)34-25(30)16(12-29)23(24)15-5-7-20(21(9-15)32-3)33-13-14-4-6-17(27)18(28)8-14/h4-9,23H,10-11,13,30H2,1-3H3/t23-/m1/s1. The van der Waals surface area contributed by atoms with E-state index in [1.807, 2.05) is 26.0 Å². The normalized spacial score (nSPS) is 19.3. The van der Waals surface area contributed by atoms with E-state index in [9.17, 15) is 10.1 Å². The highest BCUT2D eigenvalue weighted by atomic mass is 35.5. The van der Waals surface area contributed by atoms with Crippen molar-refractivity contribution in [2.24, 2.45) is 11.1 Å². The average molecular weight is 499 g/mol. The smallest absolute Gasteiger partial charge is 0.205 e. The zero-order valence-electron chi connectivity index (χ0n) is 19.1. The molecule has 1 heterocycles. The van der Waals surface area contributed by atoms with Crippen molar-refractivity contribution in [1.82, 2.24) is 0 Å². The third kappa shape index (κ3) is 4.59. The number of carbonyl (C=O) groups is 1. The maximum Gasteiger partial charge on any atom is 0.205 e.